The first-order chi connectivity index (χ1) is 9.06. The molecule has 1 heterocycles. The molecule has 1 aliphatic heterocycles. The molecule has 1 aliphatic rings. The second kappa shape index (κ2) is 5.92. The van der Waals surface area contributed by atoms with E-state index in [4.69, 9.17) is 0 Å². The summed E-state index contributed by atoms with van der Waals surface area (Å²) in [5.41, 5.74) is 0.0404. The zero-order valence-electron chi connectivity index (χ0n) is 9.96. The highest BCUT2D eigenvalue weighted by molar-refractivity contribution is 5.94. The summed E-state index contributed by atoms with van der Waals surface area (Å²) in [6.45, 7) is -1.80. The van der Waals surface area contributed by atoms with Crippen LogP contribution in [0.4, 0.5) is 18.9 Å². The normalized spacial score (nSPS) is 18.6. The molecule has 1 unspecified atom stereocenters. The van der Waals surface area contributed by atoms with Gasteiger partial charge in [0.2, 0.25) is 5.91 Å². The van der Waals surface area contributed by atoms with Gasteiger partial charge in [-0.2, -0.15) is 8.78 Å². The van der Waals surface area contributed by atoms with Crippen LogP contribution in [0.15, 0.2) is 18.2 Å². The molecule has 7 heteroatoms. The van der Waals surface area contributed by atoms with Gasteiger partial charge in [0.1, 0.15) is 5.82 Å². The van der Waals surface area contributed by atoms with Gasteiger partial charge in [-0.15, -0.1) is 0 Å². The number of ether oxygens (including phenoxy) is 1. The zero-order chi connectivity index (χ0) is 13.8. The summed E-state index contributed by atoms with van der Waals surface area (Å²) < 4.78 is 41.6. The molecule has 1 aromatic rings. The van der Waals surface area contributed by atoms with E-state index in [1.165, 1.54) is 6.07 Å². The molecule has 2 N–H and O–H groups in total. The van der Waals surface area contributed by atoms with Gasteiger partial charge in [-0.25, -0.2) is 4.39 Å². The molecule has 1 fully saturated rings. The smallest absolute Gasteiger partial charge is 0.387 e. The van der Waals surface area contributed by atoms with Crippen molar-refractivity contribution in [3.05, 3.63) is 24.0 Å². The Balaban J connectivity index is 2.11. The lowest BCUT2D eigenvalue weighted by Crippen LogP contribution is -2.25. The van der Waals surface area contributed by atoms with Crippen LogP contribution in [0.25, 0.3) is 0 Å². The number of amides is 1. The summed E-state index contributed by atoms with van der Waals surface area (Å²) >= 11 is 0. The summed E-state index contributed by atoms with van der Waals surface area (Å²) in [5, 5.41) is 5.50. The number of halogens is 3. The highest BCUT2D eigenvalue weighted by Gasteiger charge is 2.23. The predicted octanol–water partition coefficient (Wildman–Crippen LogP) is 1.98. The second-order valence-corrected chi connectivity index (χ2v) is 4.20. The number of hydrogen-bond acceptors (Lipinski definition) is 3. The van der Waals surface area contributed by atoms with Gasteiger partial charge in [0.05, 0.1) is 11.6 Å². The van der Waals surface area contributed by atoms with Crippen LogP contribution in [0.2, 0.25) is 0 Å². The zero-order valence-corrected chi connectivity index (χ0v) is 9.96. The van der Waals surface area contributed by atoms with Gasteiger partial charge in [0.15, 0.2) is 5.75 Å². The topological polar surface area (TPSA) is 50.4 Å². The Hall–Kier alpha value is -1.76. The van der Waals surface area contributed by atoms with Crippen molar-refractivity contribution in [2.24, 2.45) is 5.92 Å². The first-order valence-corrected chi connectivity index (χ1v) is 5.82. The van der Waals surface area contributed by atoms with E-state index in [0.717, 1.165) is 18.7 Å². The van der Waals surface area contributed by atoms with Crippen LogP contribution < -0.4 is 15.4 Å². The minimum Gasteiger partial charge on any atom is -0.432 e. The molecular weight excluding hydrogens is 261 g/mol. The molecule has 0 saturated carbocycles. The van der Waals surface area contributed by atoms with Gasteiger partial charge in [-0.3, -0.25) is 4.79 Å². The van der Waals surface area contributed by atoms with Gasteiger partial charge in [-0.1, -0.05) is 0 Å². The molecule has 1 saturated heterocycles. The molecule has 4 nitrogen and oxygen atoms in total. The summed E-state index contributed by atoms with van der Waals surface area (Å²) in [7, 11) is 0. The van der Waals surface area contributed by atoms with Gasteiger partial charge < -0.3 is 15.4 Å². The maximum atomic E-state index is 13.0. The second-order valence-electron chi connectivity index (χ2n) is 4.20. The molecule has 1 amide bonds. The standard InChI is InChI=1S/C12H13F3N2O2/c13-8-1-2-9(10(5-8)19-12(14)15)17-11(18)7-3-4-16-6-7/h1-2,5,7,12,16H,3-4,6H2,(H,17,18). The maximum absolute atomic E-state index is 13.0. The van der Waals surface area contributed by atoms with E-state index in [1.54, 1.807) is 0 Å². The van der Waals surface area contributed by atoms with Crippen LogP contribution in [0, 0.1) is 11.7 Å². The number of benzene rings is 1. The van der Waals surface area contributed by atoms with Gasteiger partial charge in [0.25, 0.3) is 0 Å². The number of rotatable bonds is 4. The van der Waals surface area contributed by atoms with Crippen LogP contribution in [-0.4, -0.2) is 25.6 Å². The number of carbonyl (C=O) groups is 1. The summed E-state index contributed by atoms with van der Waals surface area (Å²) in [6.07, 6.45) is 0.679. The van der Waals surface area contributed by atoms with Crippen molar-refractivity contribution in [3.63, 3.8) is 0 Å². The average molecular weight is 274 g/mol. The van der Waals surface area contributed by atoms with Crippen LogP contribution in [0.1, 0.15) is 6.42 Å². The molecule has 1 aromatic carbocycles. The molecule has 0 spiro atoms. The lowest BCUT2D eigenvalue weighted by molar-refractivity contribution is -0.119. The molecule has 2 rings (SSSR count). The minimum absolute atomic E-state index is 0.0404. The van der Waals surface area contributed by atoms with Crippen molar-refractivity contribution < 1.29 is 22.7 Å². The van der Waals surface area contributed by atoms with Crippen molar-refractivity contribution in [3.8, 4) is 5.75 Å². The first kappa shape index (κ1) is 13.7. The van der Waals surface area contributed by atoms with E-state index in [-0.39, 0.29) is 23.3 Å². The predicted molar refractivity (Wildman–Crippen MR) is 62.6 cm³/mol. The number of nitrogens with one attached hydrogen (secondary N) is 2. The third-order valence-corrected chi connectivity index (χ3v) is 2.85. The lowest BCUT2D eigenvalue weighted by Gasteiger charge is -2.14. The van der Waals surface area contributed by atoms with Gasteiger partial charge in [0, 0.05) is 12.6 Å². The summed E-state index contributed by atoms with van der Waals surface area (Å²) in [4.78, 5) is 11.8. The number of anilines is 1. The molecule has 0 radical (unpaired) electrons. The number of alkyl halides is 2. The van der Waals surface area contributed by atoms with Gasteiger partial charge >= 0.3 is 6.61 Å². The van der Waals surface area contributed by atoms with Crippen LogP contribution >= 0.6 is 0 Å². The van der Waals surface area contributed by atoms with E-state index < -0.39 is 12.4 Å². The van der Waals surface area contributed by atoms with E-state index in [2.05, 4.69) is 15.4 Å². The van der Waals surface area contributed by atoms with Gasteiger partial charge in [-0.05, 0) is 25.1 Å². The molecule has 0 aromatic heterocycles. The third kappa shape index (κ3) is 3.60. The fourth-order valence-corrected chi connectivity index (χ4v) is 1.91. The van der Waals surface area contributed by atoms with Crippen molar-refractivity contribution in [2.75, 3.05) is 18.4 Å². The Morgan fingerprint density at radius 2 is 2.26 bits per heavy atom. The third-order valence-electron chi connectivity index (χ3n) is 2.85. The molecule has 19 heavy (non-hydrogen) atoms. The van der Waals surface area contributed by atoms with Crippen molar-refractivity contribution >= 4 is 11.6 Å². The largest absolute Gasteiger partial charge is 0.432 e. The SMILES string of the molecule is O=C(Nc1ccc(F)cc1OC(F)F)C1CCNC1. The van der Waals surface area contributed by atoms with E-state index in [1.807, 2.05) is 0 Å². The van der Waals surface area contributed by atoms with Crippen LogP contribution in [-0.2, 0) is 4.79 Å². The van der Waals surface area contributed by atoms with Crippen molar-refractivity contribution in [1.29, 1.82) is 0 Å². The Labute approximate surface area is 107 Å². The fourth-order valence-electron chi connectivity index (χ4n) is 1.91. The Morgan fingerprint density at radius 3 is 2.89 bits per heavy atom. The quantitative estimate of drug-likeness (QED) is 0.882. The highest BCUT2D eigenvalue weighted by Crippen LogP contribution is 2.27. The Bertz CT molecular complexity index is 462. The van der Waals surface area contributed by atoms with E-state index in [9.17, 15) is 18.0 Å². The molecule has 104 valence electrons. The molecule has 0 bridgehead atoms. The van der Waals surface area contributed by atoms with Crippen molar-refractivity contribution in [2.45, 2.75) is 13.0 Å². The minimum atomic E-state index is -3.08. The molecule has 1 atom stereocenters. The van der Waals surface area contributed by atoms with Crippen molar-refractivity contribution in [1.82, 2.24) is 5.32 Å². The monoisotopic (exact) mass is 274 g/mol. The number of hydrogen-bond donors (Lipinski definition) is 2. The van der Waals surface area contributed by atoms with Crippen LogP contribution in [0.5, 0.6) is 5.75 Å². The summed E-state index contributed by atoms with van der Waals surface area (Å²) in [6, 6.07) is 3.09. The summed E-state index contributed by atoms with van der Waals surface area (Å²) in [5.74, 6) is -1.61. The Morgan fingerprint density at radius 1 is 1.47 bits per heavy atom. The average Bonchev–Trinajstić information content (AvgIpc) is 2.85. The fraction of sp³-hybridized carbons (Fsp3) is 0.417. The first-order valence-electron chi connectivity index (χ1n) is 5.82. The maximum Gasteiger partial charge on any atom is 0.387 e. The number of carbonyl (C=O) groups excluding carboxylic acids is 1. The van der Waals surface area contributed by atoms with Crippen LogP contribution in [0.3, 0.4) is 0 Å². The lowest BCUT2D eigenvalue weighted by atomic mass is 10.1. The Kier molecular flexibility index (Phi) is 4.26. The molecular formula is C12H13F3N2O2. The molecule has 0 aliphatic carbocycles. The van der Waals surface area contributed by atoms with E-state index in [0.29, 0.717) is 13.0 Å². The highest BCUT2D eigenvalue weighted by atomic mass is 19.3. The van der Waals surface area contributed by atoms with E-state index >= 15 is 0 Å².